The van der Waals surface area contributed by atoms with Gasteiger partial charge in [0.1, 0.15) is 11.5 Å². The van der Waals surface area contributed by atoms with Crippen molar-refractivity contribution in [3.8, 4) is 22.6 Å². The summed E-state index contributed by atoms with van der Waals surface area (Å²) in [4.78, 5) is 4.85. The van der Waals surface area contributed by atoms with E-state index >= 15 is 0 Å². The van der Waals surface area contributed by atoms with Crippen LogP contribution in [0.5, 0.6) is 0 Å². The summed E-state index contributed by atoms with van der Waals surface area (Å²) in [5.74, 6) is 0.389. The average molecular weight is 354 g/mol. The Bertz CT molecular complexity index is 1270. The Morgan fingerprint density at radius 3 is 2.37 bits per heavy atom. The lowest BCUT2D eigenvalue weighted by Crippen LogP contribution is -1.98. The van der Waals surface area contributed by atoms with Crippen molar-refractivity contribution in [2.75, 3.05) is 0 Å². The smallest absolute Gasteiger partial charge is 0.188 e. The molecule has 5 aromatic rings. The molecular formula is C22H15FN4. The van der Waals surface area contributed by atoms with Crippen LogP contribution < -0.4 is 0 Å². The van der Waals surface area contributed by atoms with Crippen molar-refractivity contribution in [3.05, 3.63) is 84.2 Å². The highest BCUT2D eigenvalue weighted by Gasteiger charge is 2.17. The first-order valence-corrected chi connectivity index (χ1v) is 8.67. The largest absolute Gasteiger partial charge is 0.271 e. The van der Waals surface area contributed by atoms with Gasteiger partial charge in [-0.1, -0.05) is 36.4 Å². The van der Waals surface area contributed by atoms with Gasteiger partial charge in [-0.25, -0.2) is 9.37 Å². The Kier molecular flexibility index (Phi) is 3.47. The normalized spacial score (nSPS) is 11.3. The van der Waals surface area contributed by atoms with Crippen molar-refractivity contribution in [3.63, 3.8) is 0 Å². The number of nitrogens with zero attached hydrogens (tertiary/aromatic N) is 4. The molecule has 0 amide bonds. The zero-order chi connectivity index (χ0) is 18.4. The molecule has 5 heteroatoms. The molecule has 0 N–H and O–H groups in total. The van der Waals surface area contributed by atoms with E-state index in [-0.39, 0.29) is 5.82 Å². The maximum absolute atomic E-state index is 13.4. The molecule has 2 aromatic heterocycles. The summed E-state index contributed by atoms with van der Waals surface area (Å²) in [5, 5.41) is 8.84. The molecule has 4 nitrogen and oxygen atoms in total. The molecule has 3 aromatic carbocycles. The molecule has 0 aliphatic rings. The number of fused-ring (bicyclic) bond motifs is 3. The molecule has 0 saturated carbocycles. The van der Waals surface area contributed by atoms with Gasteiger partial charge in [-0.05, 0) is 48.9 Å². The molecule has 27 heavy (non-hydrogen) atoms. The van der Waals surface area contributed by atoms with Crippen LogP contribution in [0.2, 0.25) is 0 Å². The van der Waals surface area contributed by atoms with E-state index in [4.69, 9.17) is 4.98 Å². The van der Waals surface area contributed by atoms with Gasteiger partial charge in [0, 0.05) is 11.1 Å². The van der Waals surface area contributed by atoms with E-state index in [1.807, 2.05) is 53.8 Å². The number of hydrogen-bond acceptors (Lipinski definition) is 3. The van der Waals surface area contributed by atoms with Gasteiger partial charge in [0.05, 0.1) is 11.0 Å². The van der Waals surface area contributed by atoms with Gasteiger partial charge in [-0.3, -0.25) is 4.40 Å². The first kappa shape index (κ1) is 15.6. The van der Waals surface area contributed by atoms with Crippen molar-refractivity contribution in [1.82, 2.24) is 19.6 Å². The molecular weight excluding hydrogens is 339 g/mol. The molecule has 0 bridgehead atoms. The maximum atomic E-state index is 13.4. The van der Waals surface area contributed by atoms with E-state index in [2.05, 4.69) is 16.3 Å². The summed E-state index contributed by atoms with van der Waals surface area (Å²) in [5.41, 5.74) is 6.13. The second kappa shape index (κ2) is 5.99. The van der Waals surface area contributed by atoms with Gasteiger partial charge in [0.25, 0.3) is 0 Å². The molecule has 130 valence electrons. The third-order valence-corrected chi connectivity index (χ3v) is 4.63. The second-order valence-corrected chi connectivity index (χ2v) is 6.51. The van der Waals surface area contributed by atoms with Crippen LogP contribution in [0.3, 0.4) is 0 Å². The minimum absolute atomic E-state index is 0.278. The molecule has 0 aliphatic carbocycles. The molecule has 0 saturated heterocycles. The molecule has 0 radical (unpaired) electrons. The molecule has 2 heterocycles. The van der Waals surface area contributed by atoms with Crippen LogP contribution in [-0.2, 0) is 0 Å². The van der Waals surface area contributed by atoms with Crippen molar-refractivity contribution >= 4 is 16.7 Å². The number of aromatic nitrogens is 4. The summed E-state index contributed by atoms with van der Waals surface area (Å²) >= 11 is 0. The van der Waals surface area contributed by atoms with Crippen LogP contribution in [0.1, 0.15) is 5.56 Å². The number of benzene rings is 3. The van der Waals surface area contributed by atoms with E-state index in [1.165, 1.54) is 12.1 Å². The minimum atomic E-state index is -0.278. The lowest BCUT2D eigenvalue weighted by atomic mass is 10.1. The fraction of sp³-hybridized carbons (Fsp3) is 0.0455. The van der Waals surface area contributed by atoms with Crippen LogP contribution in [0.25, 0.3) is 39.3 Å². The zero-order valence-corrected chi connectivity index (χ0v) is 14.6. The Morgan fingerprint density at radius 2 is 1.59 bits per heavy atom. The number of rotatable bonds is 2. The molecule has 0 spiro atoms. The first-order chi connectivity index (χ1) is 13.2. The highest BCUT2D eigenvalue weighted by Crippen LogP contribution is 2.30. The first-order valence-electron chi connectivity index (χ1n) is 8.67. The Balaban J connectivity index is 1.91. The van der Waals surface area contributed by atoms with Gasteiger partial charge < -0.3 is 0 Å². The topological polar surface area (TPSA) is 43.1 Å². The Morgan fingerprint density at radius 1 is 0.815 bits per heavy atom. The lowest BCUT2D eigenvalue weighted by Gasteiger charge is -2.09. The molecule has 5 rings (SSSR count). The minimum Gasteiger partial charge on any atom is -0.271 e. The van der Waals surface area contributed by atoms with E-state index in [1.54, 1.807) is 12.1 Å². The van der Waals surface area contributed by atoms with Crippen LogP contribution in [0.15, 0.2) is 72.8 Å². The predicted molar refractivity (Wildman–Crippen MR) is 104 cm³/mol. The van der Waals surface area contributed by atoms with E-state index in [9.17, 15) is 4.39 Å². The third kappa shape index (κ3) is 2.56. The molecule has 0 fully saturated rings. The average Bonchev–Trinajstić information content (AvgIpc) is 3.14. The highest BCUT2D eigenvalue weighted by atomic mass is 19.1. The van der Waals surface area contributed by atoms with Crippen molar-refractivity contribution in [2.45, 2.75) is 6.92 Å². The SMILES string of the molecule is Cc1ccc2nc(-c3ccccc3)c3nnc(-c4ccc(F)cc4)n3c2c1. The number of halogens is 1. The summed E-state index contributed by atoms with van der Waals surface area (Å²) in [7, 11) is 0. The third-order valence-electron chi connectivity index (χ3n) is 4.63. The van der Waals surface area contributed by atoms with E-state index < -0.39 is 0 Å². The molecule has 0 unspecified atom stereocenters. The van der Waals surface area contributed by atoms with E-state index in [0.717, 1.165) is 33.4 Å². The molecule has 0 aliphatic heterocycles. The Labute approximate surface area is 155 Å². The predicted octanol–water partition coefficient (Wildman–Crippen LogP) is 5.06. The lowest BCUT2D eigenvalue weighted by molar-refractivity contribution is 0.628. The zero-order valence-electron chi connectivity index (χ0n) is 14.6. The van der Waals surface area contributed by atoms with Gasteiger partial charge in [-0.15, -0.1) is 10.2 Å². The van der Waals surface area contributed by atoms with Crippen molar-refractivity contribution in [2.24, 2.45) is 0 Å². The van der Waals surface area contributed by atoms with Gasteiger partial charge in [-0.2, -0.15) is 0 Å². The monoisotopic (exact) mass is 354 g/mol. The van der Waals surface area contributed by atoms with Crippen LogP contribution >= 0.6 is 0 Å². The molecule has 0 atom stereocenters. The van der Waals surface area contributed by atoms with Crippen LogP contribution in [-0.4, -0.2) is 19.6 Å². The van der Waals surface area contributed by atoms with Crippen molar-refractivity contribution < 1.29 is 4.39 Å². The van der Waals surface area contributed by atoms with Gasteiger partial charge in [0.2, 0.25) is 0 Å². The fourth-order valence-electron chi connectivity index (χ4n) is 3.32. The van der Waals surface area contributed by atoms with Crippen molar-refractivity contribution in [1.29, 1.82) is 0 Å². The van der Waals surface area contributed by atoms with Gasteiger partial charge in [0.15, 0.2) is 11.5 Å². The standard InChI is InChI=1S/C22H15FN4/c1-14-7-12-18-19(13-14)27-21(16-8-10-17(23)11-9-16)25-26-22(27)20(24-18)15-5-3-2-4-6-15/h2-13H,1H3. The Hall–Kier alpha value is -3.60. The van der Waals surface area contributed by atoms with Crippen LogP contribution in [0.4, 0.5) is 4.39 Å². The number of aryl methyl sites for hydroxylation is 1. The second-order valence-electron chi connectivity index (χ2n) is 6.51. The van der Waals surface area contributed by atoms with E-state index in [0.29, 0.717) is 11.5 Å². The fourth-order valence-corrected chi connectivity index (χ4v) is 3.32. The highest BCUT2D eigenvalue weighted by molar-refractivity contribution is 5.88. The summed E-state index contributed by atoms with van der Waals surface area (Å²) in [6.45, 7) is 2.04. The van der Waals surface area contributed by atoms with Crippen LogP contribution in [0, 0.1) is 12.7 Å². The summed E-state index contributed by atoms with van der Waals surface area (Å²) in [6, 6.07) is 22.4. The van der Waals surface area contributed by atoms with Gasteiger partial charge >= 0.3 is 0 Å². The summed E-state index contributed by atoms with van der Waals surface area (Å²) in [6.07, 6.45) is 0. The summed E-state index contributed by atoms with van der Waals surface area (Å²) < 4.78 is 15.4. The quantitative estimate of drug-likeness (QED) is 0.445. The number of hydrogen-bond donors (Lipinski definition) is 0. The maximum Gasteiger partial charge on any atom is 0.188 e.